The predicted molar refractivity (Wildman–Crippen MR) is 83.8 cm³/mol. The van der Waals surface area contributed by atoms with Crippen molar-refractivity contribution in [2.45, 2.75) is 4.90 Å². The molecule has 0 unspecified atom stereocenters. The van der Waals surface area contributed by atoms with Crippen molar-refractivity contribution in [3.63, 3.8) is 0 Å². The minimum atomic E-state index is -3.86. The molecule has 0 aliphatic heterocycles. The van der Waals surface area contributed by atoms with Crippen molar-refractivity contribution >= 4 is 42.7 Å². The Morgan fingerprint density at radius 3 is 2.27 bits per heavy atom. The van der Waals surface area contributed by atoms with Gasteiger partial charge < -0.3 is 9.97 Å². The lowest BCUT2D eigenvalue weighted by atomic mass is 10.3. The zero-order chi connectivity index (χ0) is 15.9. The van der Waals surface area contributed by atoms with Crippen molar-refractivity contribution in [3.05, 3.63) is 57.2 Å². The second kappa shape index (κ2) is 5.25. The Kier molecular flexibility index (Phi) is 3.53. The minimum Gasteiger partial charge on any atom is -0.306 e. The van der Waals surface area contributed by atoms with Crippen LogP contribution < -0.4 is 10.4 Å². The van der Waals surface area contributed by atoms with E-state index in [1.54, 1.807) is 6.07 Å². The van der Waals surface area contributed by atoms with E-state index in [-0.39, 0.29) is 16.3 Å². The Labute approximate surface area is 132 Å². The summed E-state index contributed by atoms with van der Waals surface area (Å²) >= 11 is 3.24. The molecule has 2 aromatic carbocycles. The van der Waals surface area contributed by atoms with Crippen LogP contribution in [0.15, 0.2) is 50.6 Å². The molecule has 0 saturated heterocycles. The third-order valence-electron chi connectivity index (χ3n) is 2.97. The second-order valence-electron chi connectivity index (χ2n) is 4.52. The third-order valence-corrected chi connectivity index (χ3v) is 5.01. The summed E-state index contributed by atoms with van der Waals surface area (Å²) in [7, 11) is -3.86. The molecule has 6 nitrogen and oxygen atoms in total. The van der Waals surface area contributed by atoms with Gasteiger partial charge in [0.25, 0.3) is 10.0 Å². The summed E-state index contributed by atoms with van der Waals surface area (Å²) in [4.78, 5) is 16.3. The smallest absolute Gasteiger partial charge is 0.306 e. The molecular weight excluding hydrogens is 377 g/mol. The Morgan fingerprint density at radius 2 is 1.64 bits per heavy atom. The highest BCUT2D eigenvalue weighted by Gasteiger charge is 2.16. The van der Waals surface area contributed by atoms with E-state index >= 15 is 0 Å². The maximum absolute atomic E-state index is 12.9. The third kappa shape index (κ3) is 2.77. The summed E-state index contributed by atoms with van der Waals surface area (Å²) in [6.07, 6.45) is 0. The monoisotopic (exact) mass is 385 g/mol. The lowest BCUT2D eigenvalue weighted by Crippen LogP contribution is -2.13. The van der Waals surface area contributed by atoms with E-state index in [4.69, 9.17) is 0 Å². The van der Waals surface area contributed by atoms with Crippen LogP contribution in [-0.4, -0.2) is 18.4 Å². The molecule has 3 N–H and O–H groups in total. The van der Waals surface area contributed by atoms with Gasteiger partial charge >= 0.3 is 5.69 Å². The number of benzene rings is 2. The minimum absolute atomic E-state index is 0.0662. The summed E-state index contributed by atoms with van der Waals surface area (Å²) in [6.45, 7) is 0. The van der Waals surface area contributed by atoms with Gasteiger partial charge in [0.15, 0.2) is 0 Å². The van der Waals surface area contributed by atoms with Crippen LogP contribution in [0.5, 0.6) is 0 Å². The van der Waals surface area contributed by atoms with Crippen LogP contribution in [0.4, 0.5) is 10.1 Å². The fourth-order valence-electron chi connectivity index (χ4n) is 1.95. The summed E-state index contributed by atoms with van der Waals surface area (Å²) in [5.41, 5.74) is 0.874. The van der Waals surface area contributed by atoms with Gasteiger partial charge in [0, 0.05) is 4.47 Å². The number of rotatable bonds is 3. The fraction of sp³-hybridized carbons (Fsp3) is 0. The normalized spacial score (nSPS) is 11.7. The number of imidazole rings is 1. The molecule has 0 aliphatic carbocycles. The van der Waals surface area contributed by atoms with Crippen LogP contribution in [0.25, 0.3) is 11.0 Å². The number of aromatic amines is 2. The summed E-state index contributed by atoms with van der Waals surface area (Å²) in [6, 6.07) is 7.53. The molecule has 1 aromatic heterocycles. The fourth-order valence-corrected chi connectivity index (χ4v) is 3.60. The van der Waals surface area contributed by atoms with E-state index in [9.17, 15) is 17.6 Å². The quantitative estimate of drug-likeness (QED) is 0.646. The van der Waals surface area contributed by atoms with Crippen molar-refractivity contribution in [2.24, 2.45) is 0 Å². The standard InChI is InChI=1S/C13H9BrFN3O3S/c14-9-5-11-12(17-13(19)16-11)6-10(9)18-22(20,21)8-3-1-7(15)2-4-8/h1-6,18H,(H2,16,17,19). The van der Waals surface area contributed by atoms with Gasteiger partial charge in [-0.1, -0.05) is 0 Å². The maximum atomic E-state index is 12.9. The molecule has 114 valence electrons. The highest BCUT2D eigenvalue weighted by Crippen LogP contribution is 2.28. The van der Waals surface area contributed by atoms with Crippen LogP contribution in [-0.2, 0) is 10.0 Å². The Bertz CT molecular complexity index is 1010. The zero-order valence-corrected chi connectivity index (χ0v) is 13.3. The number of sulfonamides is 1. The lowest BCUT2D eigenvalue weighted by molar-refractivity contribution is 0.599. The topological polar surface area (TPSA) is 94.8 Å². The van der Waals surface area contributed by atoms with Gasteiger partial charge in [-0.25, -0.2) is 17.6 Å². The number of hydrogen-bond acceptors (Lipinski definition) is 3. The average molecular weight is 386 g/mol. The van der Waals surface area contributed by atoms with Crippen LogP contribution >= 0.6 is 15.9 Å². The molecule has 3 rings (SSSR count). The lowest BCUT2D eigenvalue weighted by Gasteiger charge is -2.10. The van der Waals surface area contributed by atoms with Gasteiger partial charge in [-0.15, -0.1) is 0 Å². The van der Waals surface area contributed by atoms with Gasteiger partial charge in [0.1, 0.15) is 5.82 Å². The Morgan fingerprint density at radius 1 is 1.05 bits per heavy atom. The second-order valence-corrected chi connectivity index (χ2v) is 7.05. The number of anilines is 1. The van der Waals surface area contributed by atoms with Crippen LogP contribution in [0.2, 0.25) is 0 Å². The number of hydrogen-bond donors (Lipinski definition) is 3. The van der Waals surface area contributed by atoms with E-state index in [1.165, 1.54) is 18.2 Å². The Balaban J connectivity index is 2.03. The van der Waals surface area contributed by atoms with E-state index < -0.39 is 15.8 Å². The SMILES string of the molecule is O=c1[nH]c2cc(Br)c(NS(=O)(=O)c3ccc(F)cc3)cc2[nH]1. The first-order valence-electron chi connectivity index (χ1n) is 6.05. The Hall–Kier alpha value is -2.13. The molecule has 0 spiro atoms. The maximum Gasteiger partial charge on any atom is 0.323 e. The number of nitrogens with one attached hydrogen (secondary N) is 3. The molecule has 3 aromatic rings. The van der Waals surface area contributed by atoms with Crippen LogP contribution in [0.1, 0.15) is 0 Å². The van der Waals surface area contributed by atoms with Crippen molar-refractivity contribution < 1.29 is 12.8 Å². The predicted octanol–water partition coefficient (Wildman–Crippen LogP) is 2.56. The highest BCUT2D eigenvalue weighted by molar-refractivity contribution is 9.10. The number of aromatic nitrogens is 2. The molecule has 0 atom stereocenters. The molecule has 0 bridgehead atoms. The number of H-pyrrole nitrogens is 2. The van der Waals surface area contributed by atoms with Crippen molar-refractivity contribution in [2.75, 3.05) is 4.72 Å². The molecule has 9 heteroatoms. The van der Waals surface area contributed by atoms with Gasteiger partial charge in [0.05, 0.1) is 21.6 Å². The first-order valence-corrected chi connectivity index (χ1v) is 8.33. The molecule has 1 heterocycles. The number of halogens is 2. The van der Waals surface area contributed by atoms with E-state index in [0.29, 0.717) is 15.5 Å². The van der Waals surface area contributed by atoms with Crippen molar-refractivity contribution in [3.8, 4) is 0 Å². The van der Waals surface area contributed by atoms with Crippen molar-refractivity contribution in [1.82, 2.24) is 9.97 Å². The summed E-state index contributed by atoms with van der Waals surface area (Å²) in [5.74, 6) is -0.522. The molecule has 0 amide bonds. The zero-order valence-electron chi connectivity index (χ0n) is 10.9. The van der Waals surface area contributed by atoms with Gasteiger partial charge in [0.2, 0.25) is 0 Å². The van der Waals surface area contributed by atoms with Gasteiger partial charge in [-0.3, -0.25) is 4.72 Å². The van der Waals surface area contributed by atoms with E-state index in [0.717, 1.165) is 12.1 Å². The molecule has 0 aliphatic rings. The molecule has 0 saturated carbocycles. The largest absolute Gasteiger partial charge is 0.323 e. The molecule has 22 heavy (non-hydrogen) atoms. The van der Waals surface area contributed by atoms with Crippen LogP contribution in [0.3, 0.4) is 0 Å². The summed E-state index contributed by atoms with van der Waals surface area (Å²) < 4.78 is 40.3. The first-order chi connectivity index (χ1) is 10.3. The van der Waals surface area contributed by atoms with E-state index in [2.05, 4.69) is 30.6 Å². The molecule has 0 radical (unpaired) electrons. The number of fused-ring (bicyclic) bond motifs is 1. The highest BCUT2D eigenvalue weighted by atomic mass is 79.9. The molecular formula is C13H9BrFN3O3S. The average Bonchev–Trinajstić information content (AvgIpc) is 2.78. The first kappa shape index (κ1) is 14.8. The van der Waals surface area contributed by atoms with E-state index in [1.807, 2.05) is 0 Å². The van der Waals surface area contributed by atoms with Crippen LogP contribution in [0, 0.1) is 5.82 Å². The van der Waals surface area contributed by atoms with Gasteiger partial charge in [-0.05, 0) is 52.3 Å². The van der Waals surface area contributed by atoms with Crippen molar-refractivity contribution in [1.29, 1.82) is 0 Å². The molecule has 0 fully saturated rings. The van der Waals surface area contributed by atoms with Gasteiger partial charge in [-0.2, -0.15) is 0 Å². The summed E-state index contributed by atoms with van der Waals surface area (Å²) in [5, 5.41) is 0.